The van der Waals surface area contributed by atoms with E-state index in [1.807, 2.05) is 31.1 Å². The van der Waals surface area contributed by atoms with Crippen LogP contribution in [0.4, 0.5) is 10.1 Å². The molecule has 2 aliphatic rings. The van der Waals surface area contributed by atoms with Crippen LogP contribution in [0.2, 0.25) is 0 Å². The molecule has 0 aromatic heterocycles. The quantitative estimate of drug-likeness (QED) is 0.760. The maximum absolute atomic E-state index is 13.8. The highest BCUT2D eigenvalue weighted by Crippen LogP contribution is 2.47. The Labute approximate surface area is 175 Å². The zero-order chi connectivity index (χ0) is 21.3. The molecule has 1 saturated heterocycles. The summed E-state index contributed by atoms with van der Waals surface area (Å²) in [7, 11) is 3.97. The third-order valence-corrected chi connectivity index (χ3v) is 5.85. The Bertz CT molecular complexity index is 920. The summed E-state index contributed by atoms with van der Waals surface area (Å²) in [5, 5.41) is 12.6. The Morgan fingerprint density at radius 1 is 1.27 bits per heavy atom. The predicted octanol–water partition coefficient (Wildman–Crippen LogP) is 2.59. The third kappa shape index (κ3) is 4.13. The van der Waals surface area contributed by atoms with Gasteiger partial charge in [0.1, 0.15) is 23.8 Å². The SMILES string of the molecule is CN(C)c1ccc2c(c1)[C@@H]1C[C@H](CC(=O)NCc3ccccc3F)O[C@H](CO)[C@@H]1O2. The number of anilines is 1. The van der Waals surface area contributed by atoms with Gasteiger partial charge in [0.25, 0.3) is 0 Å². The molecule has 30 heavy (non-hydrogen) atoms. The van der Waals surface area contributed by atoms with Crippen molar-refractivity contribution in [1.82, 2.24) is 5.32 Å². The van der Waals surface area contributed by atoms with Crippen LogP contribution in [0.5, 0.6) is 5.75 Å². The number of hydrogen-bond donors (Lipinski definition) is 2. The lowest BCUT2D eigenvalue weighted by atomic mass is 9.84. The topological polar surface area (TPSA) is 71.0 Å². The molecule has 2 N–H and O–H groups in total. The van der Waals surface area contributed by atoms with E-state index >= 15 is 0 Å². The van der Waals surface area contributed by atoms with Gasteiger partial charge in [-0.1, -0.05) is 18.2 Å². The number of carbonyl (C=O) groups excluding carboxylic acids is 1. The first-order chi connectivity index (χ1) is 14.5. The number of fused-ring (bicyclic) bond motifs is 3. The highest BCUT2D eigenvalue weighted by Gasteiger charge is 2.46. The second kappa shape index (κ2) is 8.62. The zero-order valence-electron chi connectivity index (χ0n) is 17.2. The lowest BCUT2D eigenvalue weighted by Gasteiger charge is -2.37. The van der Waals surface area contributed by atoms with Crippen LogP contribution in [-0.2, 0) is 16.1 Å². The van der Waals surface area contributed by atoms with Gasteiger partial charge in [0, 0.05) is 43.4 Å². The minimum atomic E-state index is -0.497. The number of nitrogens with zero attached hydrogens (tertiary/aromatic N) is 1. The first kappa shape index (κ1) is 20.6. The number of nitrogens with one attached hydrogen (secondary N) is 1. The van der Waals surface area contributed by atoms with Crippen molar-refractivity contribution >= 4 is 11.6 Å². The van der Waals surface area contributed by atoms with Gasteiger partial charge >= 0.3 is 0 Å². The molecule has 2 aromatic carbocycles. The maximum atomic E-state index is 13.8. The standard InChI is InChI=1S/C23H27FN2O4/c1-26(2)15-7-8-20-17(9-15)18-10-16(29-21(13-27)23(18)30-20)11-22(28)25-12-14-5-3-4-6-19(14)24/h3-9,16,18,21,23,27H,10-13H2,1-2H3,(H,25,28)/t16-,18+,21-,23-/m1/s1. The molecule has 0 bridgehead atoms. The number of aliphatic hydroxyl groups is 1. The molecular weight excluding hydrogens is 387 g/mol. The smallest absolute Gasteiger partial charge is 0.222 e. The van der Waals surface area contributed by atoms with Crippen LogP contribution in [0, 0.1) is 5.82 Å². The molecule has 0 unspecified atom stereocenters. The van der Waals surface area contributed by atoms with Gasteiger partial charge in [-0.25, -0.2) is 4.39 Å². The molecule has 7 heteroatoms. The molecule has 4 atom stereocenters. The molecule has 0 aliphatic carbocycles. The number of rotatable bonds is 6. The zero-order valence-corrected chi connectivity index (χ0v) is 17.2. The van der Waals surface area contributed by atoms with Gasteiger partial charge in [-0.3, -0.25) is 4.79 Å². The molecule has 2 aromatic rings. The normalized spacial score (nSPS) is 24.5. The second-order valence-corrected chi connectivity index (χ2v) is 8.09. The molecule has 1 fully saturated rings. The fraction of sp³-hybridized carbons (Fsp3) is 0.435. The number of hydrogen-bond acceptors (Lipinski definition) is 5. The second-order valence-electron chi connectivity index (χ2n) is 8.09. The van der Waals surface area contributed by atoms with Crippen molar-refractivity contribution in [2.75, 3.05) is 25.6 Å². The fourth-order valence-electron chi connectivity index (χ4n) is 4.27. The van der Waals surface area contributed by atoms with Crippen LogP contribution in [0.3, 0.4) is 0 Å². The molecule has 0 saturated carbocycles. The summed E-state index contributed by atoms with van der Waals surface area (Å²) in [6.45, 7) is -0.0467. The van der Waals surface area contributed by atoms with Gasteiger partial charge in [-0.2, -0.15) is 0 Å². The van der Waals surface area contributed by atoms with E-state index in [0.29, 0.717) is 12.0 Å². The van der Waals surface area contributed by atoms with Crippen molar-refractivity contribution in [2.24, 2.45) is 0 Å². The molecule has 0 radical (unpaired) electrons. The summed E-state index contributed by atoms with van der Waals surface area (Å²) in [5.74, 6) is 0.309. The van der Waals surface area contributed by atoms with Crippen molar-refractivity contribution in [2.45, 2.75) is 43.6 Å². The molecule has 160 valence electrons. The number of aliphatic hydroxyl groups excluding tert-OH is 1. The van der Waals surface area contributed by atoms with Gasteiger partial charge in [-0.15, -0.1) is 0 Å². The summed E-state index contributed by atoms with van der Waals surface area (Å²) < 4.78 is 25.8. The molecular formula is C23H27FN2O4. The van der Waals surface area contributed by atoms with Gasteiger partial charge in [0.05, 0.1) is 19.1 Å². The number of halogens is 1. The number of ether oxygens (including phenoxy) is 2. The van der Waals surface area contributed by atoms with Crippen LogP contribution in [-0.4, -0.2) is 50.0 Å². The first-order valence-corrected chi connectivity index (χ1v) is 10.2. The van der Waals surface area contributed by atoms with E-state index < -0.39 is 6.10 Å². The van der Waals surface area contributed by atoms with Crippen LogP contribution in [0.1, 0.15) is 29.9 Å². The first-order valence-electron chi connectivity index (χ1n) is 10.2. The van der Waals surface area contributed by atoms with Crippen molar-refractivity contribution in [3.8, 4) is 5.75 Å². The van der Waals surface area contributed by atoms with Crippen LogP contribution >= 0.6 is 0 Å². The van der Waals surface area contributed by atoms with E-state index in [1.54, 1.807) is 18.2 Å². The van der Waals surface area contributed by atoms with E-state index in [1.165, 1.54) is 6.07 Å². The van der Waals surface area contributed by atoms with E-state index in [4.69, 9.17) is 9.47 Å². The highest BCUT2D eigenvalue weighted by molar-refractivity contribution is 5.76. The summed E-state index contributed by atoms with van der Waals surface area (Å²) in [6.07, 6.45) is -0.334. The lowest BCUT2D eigenvalue weighted by molar-refractivity contribution is -0.142. The van der Waals surface area contributed by atoms with Gasteiger partial charge in [0.15, 0.2) is 0 Å². The summed E-state index contributed by atoms with van der Waals surface area (Å²) in [4.78, 5) is 14.5. The largest absolute Gasteiger partial charge is 0.487 e. The van der Waals surface area contributed by atoms with Crippen LogP contribution in [0.15, 0.2) is 42.5 Å². The molecule has 0 spiro atoms. The minimum Gasteiger partial charge on any atom is -0.487 e. The van der Waals surface area contributed by atoms with Crippen molar-refractivity contribution < 1.29 is 23.8 Å². The molecule has 4 rings (SSSR count). The van der Waals surface area contributed by atoms with E-state index in [0.717, 1.165) is 17.0 Å². The Morgan fingerprint density at radius 2 is 2.07 bits per heavy atom. The summed E-state index contributed by atoms with van der Waals surface area (Å²) in [5.41, 5.74) is 2.60. The Kier molecular flexibility index (Phi) is 5.92. The lowest BCUT2D eigenvalue weighted by Crippen LogP contribution is -2.47. The average molecular weight is 414 g/mol. The highest BCUT2D eigenvalue weighted by atomic mass is 19.1. The Balaban J connectivity index is 1.43. The number of benzene rings is 2. The van der Waals surface area contributed by atoms with Crippen molar-refractivity contribution in [3.63, 3.8) is 0 Å². The van der Waals surface area contributed by atoms with E-state index in [-0.39, 0.29) is 49.4 Å². The predicted molar refractivity (Wildman–Crippen MR) is 111 cm³/mol. The maximum Gasteiger partial charge on any atom is 0.222 e. The molecule has 2 heterocycles. The monoisotopic (exact) mass is 414 g/mol. The van der Waals surface area contributed by atoms with Crippen LogP contribution < -0.4 is 15.0 Å². The summed E-state index contributed by atoms with van der Waals surface area (Å²) >= 11 is 0. The molecule has 6 nitrogen and oxygen atoms in total. The molecule has 1 amide bonds. The van der Waals surface area contributed by atoms with Gasteiger partial charge in [0.2, 0.25) is 5.91 Å². The Hall–Kier alpha value is -2.64. The average Bonchev–Trinajstić information content (AvgIpc) is 3.10. The number of amides is 1. The van der Waals surface area contributed by atoms with E-state index in [2.05, 4.69) is 11.4 Å². The number of carbonyl (C=O) groups is 1. The van der Waals surface area contributed by atoms with E-state index in [9.17, 15) is 14.3 Å². The Morgan fingerprint density at radius 3 is 2.80 bits per heavy atom. The van der Waals surface area contributed by atoms with Gasteiger partial charge in [-0.05, 0) is 30.7 Å². The van der Waals surface area contributed by atoms with Gasteiger partial charge < -0.3 is 24.8 Å². The summed E-state index contributed by atoms with van der Waals surface area (Å²) in [6, 6.07) is 12.4. The van der Waals surface area contributed by atoms with Crippen LogP contribution in [0.25, 0.3) is 0 Å². The minimum absolute atomic E-state index is 0.0511. The third-order valence-electron chi connectivity index (χ3n) is 5.85. The fourth-order valence-corrected chi connectivity index (χ4v) is 4.27. The molecule has 2 aliphatic heterocycles. The van der Waals surface area contributed by atoms with Crippen molar-refractivity contribution in [1.29, 1.82) is 0 Å². The van der Waals surface area contributed by atoms with Crippen molar-refractivity contribution in [3.05, 3.63) is 59.4 Å².